The SMILES string of the molecule is CCNC(CC(CC)CC)c1cnccc1C. The summed E-state index contributed by atoms with van der Waals surface area (Å²) in [4.78, 5) is 4.27. The molecule has 0 aliphatic rings. The molecular formula is C15H26N2. The summed E-state index contributed by atoms with van der Waals surface area (Å²) in [5.74, 6) is 0.804. The van der Waals surface area contributed by atoms with Crippen molar-refractivity contribution in [3.8, 4) is 0 Å². The summed E-state index contributed by atoms with van der Waals surface area (Å²) in [5.41, 5.74) is 2.71. The van der Waals surface area contributed by atoms with Crippen molar-refractivity contribution in [3.05, 3.63) is 29.6 Å². The molecule has 17 heavy (non-hydrogen) atoms. The molecular weight excluding hydrogens is 208 g/mol. The van der Waals surface area contributed by atoms with Crippen LogP contribution in [0, 0.1) is 12.8 Å². The summed E-state index contributed by atoms with van der Waals surface area (Å²) in [7, 11) is 0. The fourth-order valence-electron chi connectivity index (χ4n) is 2.36. The Bertz CT molecular complexity index is 318. The Morgan fingerprint density at radius 1 is 1.24 bits per heavy atom. The first-order chi connectivity index (χ1) is 8.22. The third kappa shape index (κ3) is 4.12. The minimum atomic E-state index is 0.457. The number of hydrogen-bond donors (Lipinski definition) is 1. The Hall–Kier alpha value is -0.890. The summed E-state index contributed by atoms with van der Waals surface area (Å²) >= 11 is 0. The first-order valence-electron chi connectivity index (χ1n) is 6.86. The average Bonchev–Trinajstić information content (AvgIpc) is 2.35. The van der Waals surface area contributed by atoms with Crippen molar-refractivity contribution in [3.63, 3.8) is 0 Å². The van der Waals surface area contributed by atoms with Gasteiger partial charge < -0.3 is 5.32 Å². The van der Waals surface area contributed by atoms with Gasteiger partial charge in [0.1, 0.15) is 0 Å². The molecule has 1 unspecified atom stereocenters. The maximum Gasteiger partial charge on any atom is 0.0340 e. The van der Waals surface area contributed by atoms with Crippen LogP contribution < -0.4 is 5.32 Å². The van der Waals surface area contributed by atoms with Crippen molar-refractivity contribution in [2.75, 3.05) is 6.54 Å². The summed E-state index contributed by atoms with van der Waals surface area (Å²) in [6.07, 6.45) is 7.63. The van der Waals surface area contributed by atoms with Crippen molar-refractivity contribution >= 4 is 0 Å². The first-order valence-corrected chi connectivity index (χ1v) is 6.86. The van der Waals surface area contributed by atoms with Gasteiger partial charge in [-0.1, -0.05) is 33.6 Å². The molecule has 0 saturated carbocycles. The Morgan fingerprint density at radius 3 is 2.47 bits per heavy atom. The highest BCUT2D eigenvalue weighted by atomic mass is 14.9. The Kier molecular flexibility index (Phi) is 6.20. The third-order valence-electron chi connectivity index (χ3n) is 3.63. The smallest absolute Gasteiger partial charge is 0.0340 e. The molecule has 0 bridgehead atoms. The van der Waals surface area contributed by atoms with E-state index >= 15 is 0 Å². The zero-order valence-corrected chi connectivity index (χ0v) is 11.7. The van der Waals surface area contributed by atoms with Crippen LogP contribution >= 0.6 is 0 Å². The van der Waals surface area contributed by atoms with Gasteiger partial charge in [-0.15, -0.1) is 0 Å². The third-order valence-corrected chi connectivity index (χ3v) is 3.63. The molecule has 0 amide bonds. The fourth-order valence-corrected chi connectivity index (χ4v) is 2.36. The van der Waals surface area contributed by atoms with Crippen LogP contribution in [-0.4, -0.2) is 11.5 Å². The van der Waals surface area contributed by atoms with Crippen LogP contribution in [0.1, 0.15) is 57.2 Å². The molecule has 2 heteroatoms. The van der Waals surface area contributed by atoms with Gasteiger partial charge in [-0.3, -0.25) is 4.98 Å². The van der Waals surface area contributed by atoms with Crippen molar-refractivity contribution in [1.29, 1.82) is 0 Å². The van der Waals surface area contributed by atoms with Gasteiger partial charge in [-0.25, -0.2) is 0 Å². The van der Waals surface area contributed by atoms with Crippen molar-refractivity contribution in [2.24, 2.45) is 5.92 Å². The molecule has 1 rings (SSSR count). The van der Waals surface area contributed by atoms with Gasteiger partial charge in [-0.05, 0) is 43.0 Å². The van der Waals surface area contributed by atoms with Crippen LogP contribution in [0.4, 0.5) is 0 Å². The molecule has 0 radical (unpaired) electrons. The molecule has 0 spiro atoms. The maximum absolute atomic E-state index is 4.27. The number of aryl methyl sites for hydroxylation is 1. The van der Waals surface area contributed by atoms with Gasteiger partial charge in [0.25, 0.3) is 0 Å². The number of nitrogens with zero attached hydrogens (tertiary/aromatic N) is 1. The molecule has 1 N–H and O–H groups in total. The highest BCUT2D eigenvalue weighted by Crippen LogP contribution is 2.26. The zero-order chi connectivity index (χ0) is 12.7. The van der Waals surface area contributed by atoms with E-state index in [9.17, 15) is 0 Å². The monoisotopic (exact) mass is 234 g/mol. The van der Waals surface area contributed by atoms with Crippen LogP contribution in [0.15, 0.2) is 18.5 Å². The number of nitrogens with one attached hydrogen (secondary N) is 1. The van der Waals surface area contributed by atoms with Gasteiger partial charge in [0.2, 0.25) is 0 Å². The molecule has 0 fully saturated rings. The normalized spacial score (nSPS) is 13.0. The van der Waals surface area contributed by atoms with Crippen LogP contribution in [0.3, 0.4) is 0 Å². The second kappa shape index (κ2) is 7.44. The molecule has 96 valence electrons. The zero-order valence-electron chi connectivity index (χ0n) is 11.7. The second-order valence-corrected chi connectivity index (χ2v) is 4.76. The van der Waals surface area contributed by atoms with Crippen LogP contribution in [0.25, 0.3) is 0 Å². The average molecular weight is 234 g/mol. The van der Waals surface area contributed by atoms with Crippen LogP contribution in [0.5, 0.6) is 0 Å². The van der Waals surface area contributed by atoms with E-state index in [0.29, 0.717) is 6.04 Å². The number of hydrogen-bond acceptors (Lipinski definition) is 2. The number of aromatic nitrogens is 1. The standard InChI is InChI=1S/C15H26N2/c1-5-13(6-2)10-15(17-7-3)14-11-16-9-8-12(14)4/h8-9,11,13,15,17H,5-7,10H2,1-4H3. The van der Waals surface area contributed by atoms with E-state index < -0.39 is 0 Å². The summed E-state index contributed by atoms with van der Waals surface area (Å²) in [6, 6.07) is 2.56. The highest BCUT2D eigenvalue weighted by Gasteiger charge is 2.16. The van der Waals surface area contributed by atoms with Gasteiger partial charge in [0.05, 0.1) is 0 Å². The Balaban J connectivity index is 2.81. The fraction of sp³-hybridized carbons (Fsp3) is 0.667. The molecule has 0 aromatic carbocycles. The molecule has 1 aromatic rings. The van der Waals surface area contributed by atoms with Gasteiger partial charge in [0, 0.05) is 18.4 Å². The minimum Gasteiger partial charge on any atom is -0.310 e. The molecule has 2 nitrogen and oxygen atoms in total. The Morgan fingerprint density at radius 2 is 1.94 bits per heavy atom. The lowest BCUT2D eigenvalue weighted by Gasteiger charge is -2.24. The lowest BCUT2D eigenvalue weighted by atomic mass is 9.90. The lowest BCUT2D eigenvalue weighted by Crippen LogP contribution is -2.24. The minimum absolute atomic E-state index is 0.457. The summed E-state index contributed by atoms with van der Waals surface area (Å²) in [5, 5.41) is 3.60. The van der Waals surface area contributed by atoms with Gasteiger partial charge in [0.15, 0.2) is 0 Å². The van der Waals surface area contributed by atoms with E-state index in [1.165, 1.54) is 30.4 Å². The molecule has 0 aliphatic heterocycles. The van der Waals surface area contributed by atoms with Crippen LogP contribution in [0.2, 0.25) is 0 Å². The van der Waals surface area contributed by atoms with Crippen LogP contribution in [-0.2, 0) is 0 Å². The number of rotatable bonds is 7. The predicted molar refractivity (Wildman–Crippen MR) is 74.1 cm³/mol. The summed E-state index contributed by atoms with van der Waals surface area (Å²) in [6.45, 7) is 9.93. The first kappa shape index (κ1) is 14.2. The van der Waals surface area contributed by atoms with E-state index in [2.05, 4.69) is 44.1 Å². The van der Waals surface area contributed by atoms with E-state index in [1.807, 2.05) is 12.4 Å². The van der Waals surface area contributed by atoms with E-state index in [-0.39, 0.29) is 0 Å². The summed E-state index contributed by atoms with van der Waals surface area (Å²) < 4.78 is 0. The van der Waals surface area contributed by atoms with Gasteiger partial charge in [-0.2, -0.15) is 0 Å². The van der Waals surface area contributed by atoms with E-state index in [0.717, 1.165) is 12.5 Å². The van der Waals surface area contributed by atoms with E-state index in [4.69, 9.17) is 0 Å². The van der Waals surface area contributed by atoms with Gasteiger partial charge >= 0.3 is 0 Å². The van der Waals surface area contributed by atoms with E-state index in [1.54, 1.807) is 0 Å². The second-order valence-electron chi connectivity index (χ2n) is 4.76. The molecule has 1 aromatic heterocycles. The Labute approximate surface area is 106 Å². The molecule has 1 heterocycles. The highest BCUT2D eigenvalue weighted by molar-refractivity contribution is 5.25. The predicted octanol–water partition coefficient (Wildman–Crippen LogP) is 3.87. The maximum atomic E-state index is 4.27. The van der Waals surface area contributed by atoms with Crippen molar-refractivity contribution < 1.29 is 0 Å². The molecule has 0 aliphatic carbocycles. The molecule has 1 atom stereocenters. The molecule has 0 saturated heterocycles. The number of pyridine rings is 1. The van der Waals surface area contributed by atoms with Crippen molar-refractivity contribution in [2.45, 2.75) is 53.0 Å². The topological polar surface area (TPSA) is 24.9 Å². The lowest BCUT2D eigenvalue weighted by molar-refractivity contribution is 0.374. The quantitative estimate of drug-likeness (QED) is 0.774. The largest absolute Gasteiger partial charge is 0.310 e. The van der Waals surface area contributed by atoms with Crippen molar-refractivity contribution in [1.82, 2.24) is 10.3 Å².